The first kappa shape index (κ1) is 22.2. The van der Waals surface area contributed by atoms with Crippen LogP contribution in [0, 0.1) is 0 Å². The summed E-state index contributed by atoms with van der Waals surface area (Å²) in [4.78, 5) is 17.7. The van der Waals surface area contributed by atoms with Gasteiger partial charge in [0.15, 0.2) is 0 Å². The Morgan fingerprint density at radius 3 is 2.25 bits per heavy atom. The molecule has 1 amide bonds. The number of nitrogens with one attached hydrogen (secondary N) is 2. The summed E-state index contributed by atoms with van der Waals surface area (Å²) in [5.41, 5.74) is -1.92. The number of carbonyl (C=O) groups excluding carboxylic acids is 1. The van der Waals surface area contributed by atoms with E-state index in [1.54, 1.807) is 0 Å². The van der Waals surface area contributed by atoms with Crippen LogP contribution in [-0.4, -0.2) is 41.5 Å². The topological polar surface area (TPSA) is 48.1 Å². The Kier molecular flexibility index (Phi) is 5.66. The number of nitrogens with zero attached hydrogens (tertiary/aromatic N) is 1. The number of fused-ring (bicyclic) bond motifs is 1. The van der Waals surface area contributed by atoms with E-state index < -0.39 is 41.0 Å². The zero-order valence-corrected chi connectivity index (χ0v) is 16.6. The third kappa shape index (κ3) is 4.59. The van der Waals surface area contributed by atoms with E-state index in [9.17, 15) is 31.1 Å². The smallest absolute Gasteiger partial charge is 0.358 e. The maximum absolute atomic E-state index is 13.2. The number of aromatic amines is 1. The first-order valence-electron chi connectivity index (χ1n) is 9.90. The van der Waals surface area contributed by atoms with Crippen molar-refractivity contribution in [3.05, 3.63) is 70.9 Å². The van der Waals surface area contributed by atoms with Gasteiger partial charge in [0.25, 0.3) is 5.91 Å². The number of piperazine rings is 1. The molecule has 4 nitrogen and oxygen atoms in total. The van der Waals surface area contributed by atoms with Crippen LogP contribution >= 0.6 is 0 Å². The first-order chi connectivity index (χ1) is 15.0. The molecule has 0 aliphatic carbocycles. The number of aromatic nitrogens is 1. The molecule has 1 aliphatic heterocycles. The molecule has 170 valence electrons. The van der Waals surface area contributed by atoms with Crippen LogP contribution < -0.4 is 5.32 Å². The highest BCUT2D eigenvalue weighted by Gasteiger charge is 2.38. The van der Waals surface area contributed by atoms with Crippen molar-refractivity contribution in [2.24, 2.45) is 0 Å². The number of hydrogen-bond acceptors (Lipinski definition) is 2. The van der Waals surface area contributed by atoms with E-state index in [1.165, 1.54) is 4.90 Å². The lowest BCUT2D eigenvalue weighted by molar-refractivity contribution is -0.143. The van der Waals surface area contributed by atoms with Gasteiger partial charge in [0.05, 0.1) is 11.1 Å². The number of rotatable bonds is 3. The highest BCUT2D eigenvalue weighted by molar-refractivity contribution is 5.95. The molecule has 1 aromatic heterocycles. The fourth-order valence-electron chi connectivity index (χ4n) is 3.95. The molecular formula is C22H19F6N3O. The SMILES string of the molecule is O=C(c1cc(C(F)(F)F)cc(C(F)(F)F)c1)N1CCNCC1Cc1cc2ccccc2[nH]1. The number of hydrogen-bond donors (Lipinski definition) is 2. The Labute approximate surface area is 179 Å². The average molecular weight is 455 g/mol. The van der Waals surface area contributed by atoms with Crippen molar-refractivity contribution in [2.75, 3.05) is 19.6 Å². The molecule has 1 atom stereocenters. The van der Waals surface area contributed by atoms with Gasteiger partial charge in [0, 0.05) is 48.9 Å². The summed E-state index contributed by atoms with van der Waals surface area (Å²) in [5, 5.41) is 4.10. The van der Waals surface area contributed by atoms with Crippen LogP contribution in [-0.2, 0) is 18.8 Å². The molecule has 4 rings (SSSR count). The van der Waals surface area contributed by atoms with E-state index in [1.807, 2.05) is 30.3 Å². The van der Waals surface area contributed by atoms with Crippen molar-refractivity contribution < 1.29 is 31.1 Å². The number of alkyl halides is 6. The summed E-state index contributed by atoms with van der Waals surface area (Å²) in [6, 6.07) is 10.0. The predicted molar refractivity (Wildman–Crippen MR) is 106 cm³/mol. The normalized spacial score (nSPS) is 17.7. The fraction of sp³-hybridized carbons (Fsp3) is 0.318. The van der Waals surface area contributed by atoms with Crippen molar-refractivity contribution >= 4 is 16.8 Å². The van der Waals surface area contributed by atoms with Gasteiger partial charge in [0.2, 0.25) is 0 Å². The third-order valence-corrected chi connectivity index (χ3v) is 5.49. The van der Waals surface area contributed by atoms with Gasteiger partial charge in [-0.25, -0.2) is 0 Å². The second-order valence-electron chi connectivity index (χ2n) is 7.74. The lowest BCUT2D eigenvalue weighted by Gasteiger charge is -2.36. The quantitative estimate of drug-likeness (QED) is 0.554. The van der Waals surface area contributed by atoms with Crippen LogP contribution in [0.25, 0.3) is 10.9 Å². The maximum atomic E-state index is 13.2. The van der Waals surface area contributed by atoms with E-state index >= 15 is 0 Å². The molecule has 1 saturated heterocycles. The molecule has 1 fully saturated rings. The maximum Gasteiger partial charge on any atom is 0.416 e. The zero-order chi connectivity index (χ0) is 23.1. The van der Waals surface area contributed by atoms with E-state index in [2.05, 4.69) is 10.3 Å². The van der Waals surface area contributed by atoms with Gasteiger partial charge < -0.3 is 15.2 Å². The Bertz CT molecular complexity index is 1070. The average Bonchev–Trinajstić information content (AvgIpc) is 3.14. The van der Waals surface area contributed by atoms with Crippen LogP contribution in [0.4, 0.5) is 26.3 Å². The monoisotopic (exact) mass is 455 g/mol. The molecule has 2 heterocycles. The molecule has 1 unspecified atom stereocenters. The third-order valence-electron chi connectivity index (χ3n) is 5.49. The van der Waals surface area contributed by atoms with E-state index in [0.717, 1.165) is 16.6 Å². The first-order valence-corrected chi connectivity index (χ1v) is 9.90. The number of amides is 1. The molecule has 3 aromatic rings. The van der Waals surface area contributed by atoms with Crippen LogP contribution in [0.15, 0.2) is 48.5 Å². The Morgan fingerprint density at radius 2 is 1.62 bits per heavy atom. The standard InChI is InChI=1S/C22H19F6N3O/c23-21(24,25)15-7-14(8-16(10-15)22(26,27)28)20(32)31-6-5-29-12-18(31)11-17-9-13-3-1-2-4-19(13)30-17/h1-4,7-10,18,29-30H,5-6,11-12H2. The van der Waals surface area contributed by atoms with Crippen molar-refractivity contribution in [3.63, 3.8) is 0 Å². The summed E-state index contributed by atoms with van der Waals surface area (Å²) < 4.78 is 79.2. The summed E-state index contributed by atoms with van der Waals surface area (Å²) >= 11 is 0. The van der Waals surface area contributed by atoms with Gasteiger partial charge in [-0.05, 0) is 35.7 Å². The van der Waals surface area contributed by atoms with Gasteiger partial charge in [-0.1, -0.05) is 18.2 Å². The van der Waals surface area contributed by atoms with Gasteiger partial charge in [0.1, 0.15) is 0 Å². The number of H-pyrrole nitrogens is 1. The van der Waals surface area contributed by atoms with Crippen LogP contribution in [0.5, 0.6) is 0 Å². The zero-order valence-electron chi connectivity index (χ0n) is 16.6. The van der Waals surface area contributed by atoms with E-state index in [0.29, 0.717) is 31.6 Å². The van der Waals surface area contributed by atoms with Crippen LogP contribution in [0.1, 0.15) is 27.2 Å². The largest absolute Gasteiger partial charge is 0.416 e. The van der Waals surface area contributed by atoms with Gasteiger partial charge in [-0.3, -0.25) is 4.79 Å². The summed E-state index contributed by atoms with van der Waals surface area (Å²) in [6.45, 7) is 0.924. The van der Waals surface area contributed by atoms with Crippen molar-refractivity contribution in [3.8, 4) is 0 Å². The molecule has 0 radical (unpaired) electrons. The number of carbonyl (C=O) groups is 1. The molecular weight excluding hydrogens is 436 g/mol. The van der Waals surface area contributed by atoms with Crippen molar-refractivity contribution in [1.82, 2.24) is 15.2 Å². The Hall–Kier alpha value is -3.01. The van der Waals surface area contributed by atoms with E-state index in [4.69, 9.17) is 0 Å². The highest BCUT2D eigenvalue weighted by atomic mass is 19.4. The van der Waals surface area contributed by atoms with Crippen molar-refractivity contribution in [1.29, 1.82) is 0 Å². The lowest BCUT2D eigenvalue weighted by Crippen LogP contribution is -2.54. The second kappa shape index (κ2) is 8.16. The molecule has 0 bridgehead atoms. The molecule has 0 saturated carbocycles. The minimum Gasteiger partial charge on any atom is -0.358 e. The molecule has 1 aliphatic rings. The van der Waals surface area contributed by atoms with Crippen LogP contribution in [0.2, 0.25) is 0 Å². The molecule has 32 heavy (non-hydrogen) atoms. The summed E-state index contributed by atoms with van der Waals surface area (Å²) in [5.74, 6) is -0.857. The van der Waals surface area contributed by atoms with Gasteiger partial charge >= 0.3 is 12.4 Å². The predicted octanol–water partition coefficient (Wildman–Crippen LogP) is 4.86. The number of benzene rings is 2. The second-order valence-corrected chi connectivity index (χ2v) is 7.74. The Balaban J connectivity index is 1.65. The van der Waals surface area contributed by atoms with Gasteiger partial charge in [-0.2, -0.15) is 26.3 Å². The van der Waals surface area contributed by atoms with Gasteiger partial charge in [-0.15, -0.1) is 0 Å². The van der Waals surface area contributed by atoms with Crippen molar-refractivity contribution in [2.45, 2.75) is 24.8 Å². The highest BCUT2D eigenvalue weighted by Crippen LogP contribution is 2.36. The Morgan fingerprint density at radius 1 is 0.969 bits per heavy atom. The number of halogens is 6. The number of para-hydroxylation sites is 1. The molecule has 10 heteroatoms. The minimum atomic E-state index is -5.01. The molecule has 2 aromatic carbocycles. The minimum absolute atomic E-state index is 0.0243. The summed E-state index contributed by atoms with van der Waals surface area (Å²) in [6.07, 6.45) is -9.65. The molecule has 2 N–H and O–H groups in total. The fourth-order valence-corrected chi connectivity index (χ4v) is 3.95. The molecule has 0 spiro atoms. The van der Waals surface area contributed by atoms with E-state index in [-0.39, 0.29) is 12.6 Å². The van der Waals surface area contributed by atoms with Crippen LogP contribution in [0.3, 0.4) is 0 Å². The summed E-state index contributed by atoms with van der Waals surface area (Å²) in [7, 11) is 0. The lowest BCUT2D eigenvalue weighted by atomic mass is 10.0.